The van der Waals surface area contributed by atoms with Crippen molar-refractivity contribution in [3.63, 3.8) is 0 Å². The molecule has 4 nitrogen and oxygen atoms in total. The first-order valence-electron chi connectivity index (χ1n) is 9.69. The number of halogens is 7. The molecule has 34 heavy (non-hydrogen) atoms. The lowest BCUT2D eigenvalue weighted by Crippen LogP contribution is -2.19. The summed E-state index contributed by atoms with van der Waals surface area (Å²) in [7, 11) is 0. The van der Waals surface area contributed by atoms with Crippen molar-refractivity contribution in [1.29, 1.82) is 0 Å². The van der Waals surface area contributed by atoms with E-state index in [0.717, 1.165) is 6.07 Å². The largest absolute Gasteiger partial charge is 0.324 e. The average Bonchev–Trinajstić information content (AvgIpc) is 3.36. The smallest absolute Gasteiger partial charge is 0.258 e. The van der Waals surface area contributed by atoms with Crippen LogP contribution in [0.1, 0.15) is 21.8 Å². The van der Waals surface area contributed by atoms with Crippen molar-refractivity contribution in [2.45, 2.75) is 10.3 Å². The Labute approximate surface area is 218 Å². The second kappa shape index (κ2) is 9.51. The molecule has 176 valence electrons. The van der Waals surface area contributed by atoms with Gasteiger partial charge in [0.1, 0.15) is 16.0 Å². The van der Waals surface area contributed by atoms with Gasteiger partial charge in [0, 0.05) is 11.6 Å². The molecule has 0 heterocycles. The molecule has 4 rings (SSSR count). The van der Waals surface area contributed by atoms with Gasteiger partial charge in [-0.05, 0) is 54.1 Å². The van der Waals surface area contributed by atoms with Crippen molar-refractivity contribution < 1.29 is 18.4 Å². The normalized spacial score (nSPS) is 18.3. The second-order valence-corrected chi connectivity index (χ2v) is 10.2. The number of anilines is 2. The Morgan fingerprint density at radius 1 is 0.853 bits per heavy atom. The standard InChI is InChI=1S/C23H13Cl5F2N2O2/c24-13-6-8-16(20(26)17(13)21(33)31-12-4-2-11(29)3-5-12)32-22(34)19-18(23(19,27)28)10-1-7-15(30)14(25)9-10/h1-9,18-19H,(H,31,33)(H,32,34). The molecule has 1 saturated carbocycles. The van der Waals surface area contributed by atoms with Gasteiger partial charge in [-0.2, -0.15) is 0 Å². The van der Waals surface area contributed by atoms with Gasteiger partial charge in [0.25, 0.3) is 5.91 Å². The third-order valence-corrected chi connectivity index (χ3v) is 7.25. The van der Waals surface area contributed by atoms with Crippen LogP contribution in [0.15, 0.2) is 54.6 Å². The fraction of sp³-hybridized carbons (Fsp3) is 0.130. The SMILES string of the molecule is O=C(Nc1ccc(F)cc1)c1c(Cl)ccc(NC(=O)C2C(c3ccc(F)c(Cl)c3)C2(Cl)Cl)c1Cl. The summed E-state index contributed by atoms with van der Waals surface area (Å²) in [6, 6.07) is 11.9. The minimum Gasteiger partial charge on any atom is -0.324 e. The zero-order valence-corrected chi connectivity index (χ0v) is 20.6. The van der Waals surface area contributed by atoms with E-state index in [-0.39, 0.29) is 26.3 Å². The molecule has 11 heteroatoms. The summed E-state index contributed by atoms with van der Waals surface area (Å²) in [6.07, 6.45) is 0. The van der Waals surface area contributed by atoms with E-state index in [2.05, 4.69) is 10.6 Å². The van der Waals surface area contributed by atoms with E-state index in [1.54, 1.807) is 0 Å². The van der Waals surface area contributed by atoms with Crippen molar-refractivity contribution in [1.82, 2.24) is 0 Å². The lowest BCUT2D eigenvalue weighted by Gasteiger charge is -2.13. The van der Waals surface area contributed by atoms with Crippen LogP contribution in [-0.4, -0.2) is 16.1 Å². The summed E-state index contributed by atoms with van der Waals surface area (Å²) >= 11 is 31.1. The summed E-state index contributed by atoms with van der Waals surface area (Å²) in [5.74, 6) is -3.82. The average molecular weight is 565 g/mol. The summed E-state index contributed by atoms with van der Waals surface area (Å²) in [6.45, 7) is 0. The molecule has 0 saturated heterocycles. The molecule has 0 spiro atoms. The van der Waals surface area contributed by atoms with Crippen LogP contribution in [0.3, 0.4) is 0 Å². The number of hydrogen-bond donors (Lipinski definition) is 2. The molecule has 0 radical (unpaired) electrons. The maximum absolute atomic E-state index is 13.5. The molecule has 1 fully saturated rings. The van der Waals surface area contributed by atoms with E-state index in [1.165, 1.54) is 48.5 Å². The number of carbonyl (C=O) groups is 2. The fourth-order valence-corrected chi connectivity index (χ4v) is 5.17. The third-order valence-electron chi connectivity index (χ3n) is 5.32. The van der Waals surface area contributed by atoms with Crippen LogP contribution in [0.5, 0.6) is 0 Å². The van der Waals surface area contributed by atoms with Crippen molar-refractivity contribution in [3.8, 4) is 0 Å². The van der Waals surface area contributed by atoms with E-state index in [1.807, 2.05) is 0 Å². The minimum absolute atomic E-state index is 0.0388. The predicted octanol–water partition coefficient (Wildman–Crippen LogP) is 7.70. The molecule has 3 aromatic carbocycles. The number of benzene rings is 3. The molecule has 0 aliphatic heterocycles. The zero-order chi connectivity index (χ0) is 24.8. The Hall–Kier alpha value is -2.09. The first kappa shape index (κ1) is 25.0. The summed E-state index contributed by atoms with van der Waals surface area (Å²) in [5, 5.41) is 4.98. The van der Waals surface area contributed by atoms with Gasteiger partial charge in [0.15, 0.2) is 0 Å². The topological polar surface area (TPSA) is 58.2 Å². The summed E-state index contributed by atoms with van der Waals surface area (Å²) in [5.41, 5.74) is 0.831. The van der Waals surface area contributed by atoms with Gasteiger partial charge >= 0.3 is 0 Å². The Kier molecular flexibility index (Phi) is 7.00. The number of nitrogens with one attached hydrogen (secondary N) is 2. The summed E-state index contributed by atoms with van der Waals surface area (Å²) < 4.78 is 25.2. The molecule has 1 aliphatic carbocycles. The highest BCUT2D eigenvalue weighted by Gasteiger charge is 2.67. The molecular formula is C23H13Cl5F2N2O2. The molecule has 2 amide bonds. The number of rotatable bonds is 5. The van der Waals surface area contributed by atoms with Crippen molar-refractivity contribution in [2.24, 2.45) is 5.92 Å². The molecule has 3 aromatic rings. The molecule has 0 aromatic heterocycles. The fourth-order valence-electron chi connectivity index (χ4n) is 3.57. The number of amides is 2. The van der Waals surface area contributed by atoms with E-state index < -0.39 is 39.6 Å². The quantitative estimate of drug-likeness (QED) is 0.312. The van der Waals surface area contributed by atoms with Crippen LogP contribution < -0.4 is 10.6 Å². The van der Waals surface area contributed by atoms with Gasteiger partial charge in [-0.3, -0.25) is 9.59 Å². The van der Waals surface area contributed by atoms with Gasteiger partial charge < -0.3 is 10.6 Å². The van der Waals surface area contributed by atoms with E-state index >= 15 is 0 Å². The highest BCUT2D eigenvalue weighted by atomic mass is 35.5. The maximum atomic E-state index is 13.5. The zero-order valence-electron chi connectivity index (χ0n) is 16.8. The van der Waals surface area contributed by atoms with Crippen LogP contribution in [0.25, 0.3) is 0 Å². The Morgan fingerprint density at radius 3 is 2.18 bits per heavy atom. The van der Waals surface area contributed by atoms with Gasteiger partial charge in [-0.1, -0.05) is 40.9 Å². The van der Waals surface area contributed by atoms with Gasteiger partial charge in [0.2, 0.25) is 5.91 Å². The van der Waals surface area contributed by atoms with Gasteiger partial charge in [-0.15, -0.1) is 23.2 Å². The molecule has 0 bridgehead atoms. The first-order chi connectivity index (χ1) is 16.0. The third kappa shape index (κ3) is 4.83. The highest BCUT2D eigenvalue weighted by Crippen LogP contribution is 2.65. The minimum atomic E-state index is -1.45. The van der Waals surface area contributed by atoms with Crippen molar-refractivity contribution in [3.05, 3.63) is 92.4 Å². The van der Waals surface area contributed by atoms with Crippen molar-refractivity contribution >= 4 is 81.2 Å². The lowest BCUT2D eigenvalue weighted by atomic mass is 10.1. The van der Waals surface area contributed by atoms with Crippen molar-refractivity contribution in [2.75, 3.05) is 10.6 Å². The predicted molar refractivity (Wildman–Crippen MR) is 132 cm³/mol. The van der Waals surface area contributed by atoms with Crippen LogP contribution >= 0.6 is 58.0 Å². The first-order valence-corrected chi connectivity index (χ1v) is 11.6. The molecule has 1 aliphatic rings. The molecule has 2 unspecified atom stereocenters. The van der Waals surface area contributed by atoms with E-state index in [0.29, 0.717) is 11.3 Å². The van der Waals surface area contributed by atoms with Crippen LogP contribution in [0, 0.1) is 17.6 Å². The van der Waals surface area contributed by atoms with E-state index in [9.17, 15) is 18.4 Å². The van der Waals surface area contributed by atoms with Crippen LogP contribution in [-0.2, 0) is 4.79 Å². The monoisotopic (exact) mass is 562 g/mol. The second-order valence-electron chi connectivity index (χ2n) is 7.54. The van der Waals surface area contributed by atoms with Gasteiger partial charge in [0.05, 0.1) is 32.2 Å². The van der Waals surface area contributed by atoms with E-state index in [4.69, 9.17) is 58.0 Å². The number of hydrogen-bond acceptors (Lipinski definition) is 2. The molecule has 2 atom stereocenters. The molecule has 2 N–H and O–H groups in total. The Bertz CT molecular complexity index is 1300. The Morgan fingerprint density at radius 2 is 1.53 bits per heavy atom. The highest BCUT2D eigenvalue weighted by molar-refractivity contribution is 6.53. The van der Waals surface area contributed by atoms with Crippen LogP contribution in [0.4, 0.5) is 20.2 Å². The maximum Gasteiger partial charge on any atom is 0.258 e. The molecular weight excluding hydrogens is 552 g/mol. The van der Waals surface area contributed by atoms with Crippen LogP contribution in [0.2, 0.25) is 15.1 Å². The summed E-state index contributed by atoms with van der Waals surface area (Å²) in [4.78, 5) is 25.7. The lowest BCUT2D eigenvalue weighted by molar-refractivity contribution is -0.117. The number of carbonyl (C=O) groups excluding carboxylic acids is 2. The Balaban J connectivity index is 1.55. The van der Waals surface area contributed by atoms with Gasteiger partial charge in [-0.25, -0.2) is 8.78 Å². The number of alkyl halides is 2.